The minimum Gasteiger partial charge on any atom is -0.339 e. The third-order valence-electron chi connectivity index (χ3n) is 8.04. The Hall–Kier alpha value is -3.52. The number of sulfonamides is 1. The van der Waals surface area contributed by atoms with E-state index in [0.29, 0.717) is 32.5 Å². The third kappa shape index (κ3) is 5.10. The monoisotopic (exact) mass is 539 g/mol. The molecule has 1 unspecified atom stereocenters. The molecule has 6 nitrogen and oxygen atoms in total. The van der Waals surface area contributed by atoms with Crippen molar-refractivity contribution in [3.8, 4) is 0 Å². The quantitative estimate of drug-likeness (QED) is 0.349. The van der Waals surface area contributed by atoms with Gasteiger partial charge in [-0.15, -0.1) is 0 Å². The van der Waals surface area contributed by atoms with Crippen LogP contribution in [0.15, 0.2) is 108 Å². The van der Waals surface area contributed by atoms with Crippen molar-refractivity contribution in [3.63, 3.8) is 0 Å². The molecule has 4 aromatic rings. The molecule has 2 aliphatic heterocycles. The molecule has 0 N–H and O–H groups in total. The van der Waals surface area contributed by atoms with Gasteiger partial charge in [-0.1, -0.05) is 91.0 Å². The Morgan fingerprint density at radius 2 is 1.28 bits per heavy atom. The van der Waals surface area contributed by atoms with Crippen molar-refractivity contribution in [1.82, 2.24) is 14.1 Å². The zero-order chi connectivity index (χ0) is 26.8. The van der Waals surface area contributed by atoms with Gasteiger partial charge in [-0.25, -0.2) is 8.42 Å². The van der Waals surface area contributed by atoms with Crippen molar-refractivity contribution in [1.29, 1.82) is 0 Å². The summed E-state index contributed by atoms with van der Waals surface area (Å²) in [6.45, 7) is 2.98. The smallest absolute Gasteiger partial charge is 0.243 e. The molecule has 2 heterocycles. The fourth-order valence-electron chi connectivity index (χ4n) is 6.03. The molecule has 1 atom stereocenters. The van der Waals surface area contributed by atoms with Crippen molar-refractivity contribution in [2.75, 3.05) is 32.7 Å². The second kappa shape index (κ2) is 10.9. The molecule has 0 aliphatic carbocycles. The lowest BCUT2D eigenvalue weighted by atomic mass is 9.96. The van der Waals surface area contributed by atoms with Crippen molar-refractivity contribution >= 4 is 26.7 Å². The van der Waals surface area contributed by atoms with E-state index in [1.165, 1.54) is 15.4 Å². The van der Waals surface area contributed by atoms with Crippen LogP contribution in [0.4, 0.5) is 0 Å². The average molecular weight is 540 g/mol. The summed E-state index contributed by atoms with van der Waals surface area (Å²) in [6.07, 6.45) is 1.25. The number of fused-ring (bicyclic) bond motifs is 1. The van der Waals surface area contributed by atoms with Gasteiger partial charge in [0.05, 0.1) is 10.9 Å². The minimum atomic E-state index is -3.78. The van der Waals surface area contributed by atoms with Gasteiger partial charge in [0, 0.05) is 32.7 Å². The van der Waals surface area contributed by atoms with Crippen molar-refractivity contribution < 1.29 is 13.2 Å². The van der Waals surface area contributed by atoms with E-state index in [2.05, 4.69) is 53.4 Å². The van der Waals surface area contributed by atoms with Gasteiger partial charge >= 0.3 is 0 Å². The Balaban J connectivity index is 1.18. The average Bonchev–Trinajstić information content (AvgIpc) is 3.49. The van der Waals surface area contributed by atoms with Crippen LogP contribution in [0.3, 0.4) is 0 Å². The van der Waals surface area contributed by atoms with E-state index < -0.39 is 16.1 Å². The summed E-state index contributed by atoms with van der Waals surface area (Å²) >= 11 is 0. The molecule has 0 spiro atoms. The zero-order valence-corrected chi connectivity index (χ0v) is 22.7. The molecule has 4 aromatic carbocycles. The van der Waals surface area contributed by atoms with E-state index in [0.717, 1.165) is 23.9 Å². The molecule has 0 saturated carbocycles. The van der Waals surface area contributed by atoms with Gasteiger partial charge in [-0.2, -0.15) is 4.31 Å². The van der Waals surface area contributed by atoms with Crippen LogP contribution in [0.5, 0.6) is 0 Å². The second-order valence-electron chi connectivity index (χ2n) is 10.4. The SMILES string of the molecule is O=C(C1CCCN1S(=O)(=O)c1ccc2ccccc2c1)N1CCN(C(c2ccccc2)c2ccccc2)CC1. The third-order valence-corrected chi connectivity index (χ3v) is 9.94. The molecule has 2 fully saturated rings. The molecule has 0 aromatic heterocycles. The van der Waals surface area contributed by atoms with Crippen LogP contribution in [0.1, 0.15) is 30.0 Å². The first-order valence-corrected chi connectivity index (χ1v) is 15.1. The molecule has 0 radical (unpaired) electrons. The summed E-state index contributed by atoms with van der Waals surface area (Å²) in [7, 11) is -3.78. The summed E-state index contributed by atoms with van der Waals surface area (Å²) in [6, 6.07) is 33.3. The summed E-state index contributed by atoms with van der Waals surface area (Å²) < 4.78 is 28.8. The summed E-state index contributed by atoms with van der Waals surface area (Å²) in [4.78, 5) is 18.3. The molecule has 0 bridgehead atoms. The predicted molar refractivity (Wildman–Crippen MR) is 154 cm³/mol. The first-order valence-electron chi connectivity index (χ1n) is 13.7. The Bertz CT molecular complexity index is 1510. The van der Waals surface area contributed by atoms with Gasteiger partial charge in [0.15, 0.2) is 0 Å². The highest BCUT2D eigenvalue weighted by Gasteiger charge is 2.42. The summed E-state index contributed by atoms with van der Waals surface area (Å²) in [5, 5.41) is 1.87. The highest BCUT2D eigenvalue weighted by atomic mass is 32.2. The minimum absolute atomic E-state index is 0.0764. The highest BCUT2D eigenvalue weighted by molar-refractivity contribution is 7.89. The molecule has 7 heteroatoms. The van der Waals surface area contributed by atoms with E-state index >= 15 is 0 Å². The fraction of sp³-hybridized carbons (Fsp3) is 0.281. The number of hydrogen-bond donors (Lipinski definition) is 0. The normalized spacial score (nSPS) is 19.1. The molecule has 200 valence electrons. The van der Waals surface area contributed by atoms with Crippen LogP contribution < -0.4 is 0 Å². The Morgan fingerprint density at radius 3 is 1.92 bits per heavy atom. The van der Waals surface area contributed by atoms with Gasteiger partial charge in [0.1, 0.15) is 6.04 Å². The predicted octanol–water partition coefficient (Wildman–Crippen LogP) is 4.93. The summed E-state index contributed by atoms with van der Waals surface area (Å²) in [5.41, 5.74) is 2.46. The van der Waals surface area contributed by atoms with Crippen LogP contribution in [-0.4, -0.2) is 67.2 Å². The van der Waals surface area contributed by atoms with Gasteiger partial charge in [0.25, 0.3) is 0 Å². The van der Waals surface area contributed by atoms with E-state index in [4.69, 9.17) is 0 Å². The zero-order valence-electron chi connectivity index (χ0n) is 21.9. The van der Waals surface area contributed by atoms with Crippen LogP contribution in [0.2, 0.25) is 0 Å². The fourth-order valence-corrected chi connectivity index (χ4v) is 7.72. The van der Waals surface area contributed by atoms with Crippen molar-refractivity contribution in [2.24, 2.45) is 0 Å². The van der Waals surface area contributed by atoms with E-state index in [9.17, 15) is 13.2 Å². The van der Waals surface area contributed by atoms with Crippen LogP contribution in [-0.2, 0) is 14.8 Å². The molecule has 1 amide bonds. The van der Waals surface area contributed by atoms with Crippen LogP contribution >= 0.6 is 0 Å². The maximum absolute atomic E-state index is 13.7. The number of amides is 1. The number of carbonyl (C=O) groups excluding carboxylic acids is 1. The standard InChI is InChI=1S/C32H33N3O3S/c36-32(30-16-9-19-35(30)39(37,38)29-18-17-25-10-7-8-15-28(25)24-29)34-22-20-33(21-23-34)31(26-11-3-1-4-12-26)27-13-5-2-6-14-27/h1-8,10-15,17-18,24,30-31H,9,16,19-23H2. The Kier molecular flexibility index (Phi) is 7.21. The van der Waals surface area contributed by atoms with Crippen LogP contribution in [0, 0.1) is 0 Å². The van der Waals surface area contributed by atoms with Gasteiger partial charge in [0.2, 0.25) is 15.9 Å². The Labute approximate surface area is 230 Å². The molecule has 2 saturated heterocycles. The number of hydrogen-bond acceptors (Lipinski definition) is 4. The molecule has 39 heavy (non-hydrogen) atoms. The first kappa shape index (κ1) is 25.7. The molecular weight excluding hydrogens is 506 g/mol. The topological polar surface area (TPSA) is 60.9 Å². The molecule has 2 aliphatic rings. The van der Waals surface area contributed by atoms with E-state index in [1.54, 1.807) is 12.1 Å². The molecule has 6 rings (SSSR count). The largest absolute Gasteiger partial charge is 0.339 e. The lowest BCUT2D eigenvalue weighted by molar-refractivity contribution is -0.136. The number of benzene rings is 4. The van der Waals surface area contributed by atoms with E-state index in [-0.39, 0.29) is 16.8 Å². The Morgan fingerprint density at radius 1 is 0.692 bits per heavy atom. The number of piperazine rings is 1. The number of rotatable bonds is 6. The lowest BCUT2D eigenvalue weighted by Crippen LogP contribution is -2.54. The van der Waals surface area contributed by atoms with E-state index in [1.807, 2.05) is 47.4 Å². The number of carbonyl (C=O) groups is 1. The van der Waals surface area contributed by atoms with Gasteiger partial charge < -0.3 is 4.90 Å². The van der Waals surface area contributed by atoms with Crippen molar-refractivity contribution in [3.05, 3.63) is 114 Å². The lowest BCUT2D eigenvalue weighted by Gasteiger charge is -2.41. The maximum Gasteiger partial charge on any atom is 0.243 e. The summed E-state index contributed by atoms with van der Waals surface area (Å²) in [5.74, 6) is -0.0764. The van der Waals surface area contributed by atoms with Crippen molar-refractivity contribution in [2.45, 2.75) is 29.8 Å². The maximum atomic E-state index is 13.7. The highest BCUT2D eigenvalue weighted by Crippen LogP contribution is 2.32. The van der Waals surface area contributed by atoms with Gasteiger partial charge in [-0.05, 0) is 46.9 Å². The molecular formula is C32H33N3O3S. The number of nitrogens with zero attached hydrogens (tertiary/aromatic N) is 3. The van der Waals surface area contributed by atoms with Gasteiger partial charge in [-0.3, -0.25) is 9.69 Å². The van der Waals surface area contributed by atoms with Crippen LogP contribution in [0.25, 0.3) is 10.8 Å². The first-order chi connectivity index (χ1) is 19.0. The second-order valence-corrected chi connectivity index (χ2v) is 12.3.